The Morgan fingerprint density at radius 3 is 3.04 bits per heavy atom. The van der Waals surface area contributed by atoms with Gasteiger partial charge in [0.15, 0.2) is 5.69 Å². The lowest BCUT2D eigenvalue weighted by Crippen LogP contribution is -2.37. The van der Waals surface area contributed by atoms with E-state index in [2.05, 4.69) is 25.4 Å². The number of amides is 1. The largest absolute Gasteiger partial charge is 0.481 e. The number of carbonyl (C=O) groups excluding carboxylic acids is 1. The number of nitrogens with zero attached hydrogens (tertiary/aromatic N) is 3. The molecule has 0 unspecified atom stereocenters. The van der Waals surface area contributed by atoms with E-state index in [1.807, 2.05) is 42.6 Å². The maximum Gasteiger partial charge on any atom is 0.272 e. The molecule has 1 fully saturated rings. The van der Waals surface area contributed by atoms with Crippen molar-refractivity contribution in [3.63, 3.8) is 0 Å². The molecular formula is C19H21N5O2. The fraction of sp³-hybridized carbons (Fsp3) is 0.316. The van der Waals surface area contributed by atoms with E-state index in [0.29, 0.717) is 11.6 Å². The Hall–Kier alpha value is -2.93. The number of likely N-dealkylation sites (tertiary alicyclic amines) is 1. The first-order valence-electron chi connectivity index (χ1n) is 8.68. The molecule has 1 atom stereocenters. The normalized spacial score (nSPS) is 17.5. The van der Waals surface area contributed by atoms with Crippen LogP contribution in [0.1, 0.15) is 22.5 Å². The minimum Gasteiger partial charge on any atom is -0.481 e. The van der Waals surface area contributed by atoms with E-state index in [9.17, 15) is 4.79 Å². The highest BCUT2D eigenvalue weighted by Crippen LogP contribution is 2.17. The average molecular weight is 351 g/mol. The van der Waals surface area contributed by atoms with Crippen LogP contribution in [-0.4, -0.2) is 52.2 Å². The number of H-pyrrole nitrogens is 1. The molecule has 1 aliphatic heterocycles. The molecule has 3 aromatic rings. The van der Waals surface area contributed by atoms with Crippen LogP contribution in [0, 0.1) is 0 Å². The molecule has 26 heavy (non-hydrogen) atoms. The minimum atomic E-state index is -0.125. The third-order valence-corrected chi connectivity index (χ3v) is 4.71. The van der Waals surface area contributed by atoms with Crippen LogP contribution < -0.4 is 10.1 Å². The smallest absolute Gasteiger partial charge is 0.272 e. The van der Waals surface area contributed by atoms with Gasteiger partial charge in [-0.1, -0.05) is 24.3 Å². The van der Waals surface area contributed by atoms with Gasteiger partial charge in [0.2, 0.25) is 5.88 Å². The van der Waals surface area contributed by atoms with E-state index < -0.39 is 0 Å². The zero-order chi connectivity index (χ0) is 17.9. The minimum absolute atomic E-state index is 0.125. The first-order valence-corrected chi connectivity index (χ1v) is 8.68. The zero-order valence-electron chi connectivity index (χ0n) is 14.6. The fourth-order valence-corrected chi connectivity index (χ4v) is 3.37. The lowest BCUT2D eigenvalue weighted by Gasteiger charge is -2.16. The second-order valence-corrected chi connectivity index (χ2v) is 6.52. The van der Waals surface area contributed by atoms with Crippen molar-refractivity contribution in [1.29, 1.82) is 0 Å². The Morgan fingerprint density at radius 2 is 2.23 bits per heavy atom. The molecular weight excluding hydrogens is 330 g/mol. The molecule has 0 spiro atoms. The Morgan fingerprint density at radius 1 is 1.35 bits per heavy atom. The van der Waals surface area contributed by atoms with Gasteiger partial charge in [0.25, 0.3) is 5.91 Å². The standard InChI is InChI=1S/C19H21N5O2/c1-26-17-7-6-13(10-20-17)11-24-9-8-14(12-24)21-19(25)18-15-4-2-3-5-16(15)22-23-18/h2-7,10,14H,8-9,11-12H2,1H3,(H,21,25)(H,22,23)/t14-/m0/s1. The predicted octanol–water partition coefficient (Wildman–Crippen LogP) is 1.97. The topological polar surface area (TPSA) is 83.1 Å². The second-order valence-electron chi connectivity index (χ2n) is 6.52. The van der Waals surface area contributed by atoms with Crippen LogP contribution in [0.15, 0.2) is 42.6 Å². The van der Waals surface area contributed by atoms with Crippen LogP contribution in [0.25, 0.3) is 10.9 Å². The van der Waals surface area contributed by atoms with Gasteiger partial charge in [-0.2, -0.15) is 5.10 Å². The number of carbonyl (C=O) groups is 1. The van der Waals surface area contributed by atoms with Crippen LogP contribution in [0.5, 0.6) is 5.88 Å². The lowest BCUT2D eigenvalue weighted by atomic mass is 10.2. The summed E-state index contributed by atoms with van der Waals surface area (Å²) in [6.07, 6.45) is 2.76. The number of hydrogen-bond donors (Lipinski definition) is 2. The van der Waals surface area contributed by atoms with Crippen molar-refractivity contribution in [2.24, 2.45) is 0 Å². The van der Waals surface area contributed by atoms with Gasteiger partial charge >= 0.3 is 0 Å². The highest BCUT2D eigenvalue weighted by atomic mass is 16.5. The second kappa shape index (κ2) is 7.13. The molecule has 7 heteroatoms. The van der Waals surface area contributed by atoms with Gasteiger partial charge in [-0.3, -0.25) is 14.8 Å². The molecule has 1 saturated heterocycles. The summed E-state index contributed by atoms with van der Waals surface area (Å²) < 4.78 is 5.09. The molecule has 3 heterocycles. The summed E-state index contributed by atoms with van der Waals surface area (Å²) >= 11 is 0. The molecule has 2 aromatic heterocycles. The quantitative estimate of drug-likeness (QED) is 0.734. The maximum absolute atomic E-state index is 12.6. The van der Waals surface area contributed by atoms with Crippen molar-refractivity contribution in [3.05, 3.63) is 53.9 Å². The molecule has 0 radical (unpaired) electrons. The Labute approximate surface area is 151 Å². The van der Waals surface area contributed by atoms with Gasteiger partial charge in [0, 0.05) is 43.3 Å². The number of aromatic nitrogens is 3. The molecule has 0 saturated carbocycles. The Balaban J connectivity index is 1.35. The average Bonchev–Trinajstić information content (AvgIpc) is 3.29. The maximum atomic E-state index is 12.6. The van der Waals surface area contributed by atoms with Crippen molar-refractivity contribution in [2.75, 3.05) is 20.2 Å². The highest BCUT2D eigenvalue weighted by Gasteiger charge is 2.25. The SMILES string of the molecule is COc1ccc(CN2CC[C@H](NC(=O)c3n[nH]c4ccccc34)C2)cn1. The number of fused-ring (bicyclic) bond motifs is 1. The van der Waals surface area contributed by atoms with Gasteiger partial charge < -0.3 is 10.1 Å². The highest BCUT2D eigenvalue weighted by molar-refractivity contribution is 6.04. The van der Waals surface area contributed by atoms with Crippen molar-refractivity contribution in [3.8, 4) is 5.88 Å². The number of nitrogens with one attached hydrogen (secondary N) is 2. The number of hydrogen-bond acceptors (Lipinski definition) is 5. The molecule has 0 bridgehead atoms. The van der Waals surface area contributed by atoms with E-state index >= 15 is 0 Å². The third-order valence-electron chi connectivity index (χ3n) is 4.71. The molecule has 134 valence electrons. The van der Waals surface area contributed by atoms with Gasteiger partial charge in [0.1, 0.15) is 0 Å². The van der Waals surface area contributed by atoms with E-state index in [0.717, 1.165) is 42.5 Å². The summed E-state index contributed by atoms with van der Waals surface area (Å²) in [5, 5.41) is 11.0. The molecule has 2 N–H and O–H groups in total. The molecule has 1 aromatic carbocycles. The summed E-state index contributed by atoms with van der Waals surface area (Å²) in [5.41, 5.74) is 2.46. The van der Waals surface area contributed by atoms with Gasteiger partial charge in [-0.25, -0.2) is 4.98 Å². The van der Waals surface area contributed by atoms with E-state index in [1.165, 1.54) is 0 Å². The summed E-state index contributed by atoms with van der Waals surface area (Å²) in [4.78, 5) is 19.1. The molecule has 1 amide bonds. The van der Waals surface area contributed by atoms with Crippen LogP contribution >= 0.6 is 0 Å². The monoisotopic (exact) mass is 351 g/mol. The molecule has 7 nitrogen and oxygen atoms in total. The summed E-state index contributed by atoms with van der Waals surface area (Å²) in [6, 6.07) is 11.7. The third kappa shape index (κ3) is 3.39. The van der Waals surface area contributed by atoms with Crippen LogP contribution in [0.3, 0.4) is 0 Å². The van der Waals surface area contributed by atoms with E-state index in [-0.39, 0.29) is 11.9 Å². The fourth-order valence-electron chi connectivity index (χ4n) is 3.37. The van der Waals surface area contributed by atoms with Gasteiger partial charge in [-0.05, 0) is 18.1 Å². The number of methoxy groups -OCH3 is 1. The summed E-state index contributed by atoms with van der Waals surface area (Å²) in [6.45, 7) is 2.58. The van der Waals surface area contributed by atoms with E-state index in [4.69, 9.17) is 4.74 Å². The van der Waals surface area contributed by atoms with Crippen molar-refractivity contribution in [2.45, 2.75) is 19.0 Å². The first kappa shape index (κ1) is 16.5. The predicted molar refractivity (Wildman–Crippen MR) is 98.0 cm³/mol. The lowest BCUT2D eigenvalue weighted by molar-refractivity contribution is 0.0934. The number of pyridine rings is 1. The number of para-hydroxylation sites is 1. The van der Waals surface area contributed by atoms with Gasteiger partial charge in [-0.15, -0.1) is 0 Å². The van der Waals surface area contributed by atoms with E-state index in [1.54, 1.807) is 7.11 Å². The molecule has 4 rings (SSSR count). The van der Waals surface area contributed by atoms with Crippen molar-refractivity contribution < 1.29 is 9.53 Å². The first-order chi connectivity index (χ1) is 12.7. The number of ether oxygens (including phenoxy) is 1. The Kier molecular flexibility index (Phi) is 4.53. The Bertz CT molecular complexity index is 906. The number of benzene rings is 1. The molecule has 1 aliphatic rings. The van der Waals surface area contributed by atoms with Crippen molar-refractivity contribution >= 4 is 16.8 Å². The summed E-state index contributed by atoms with van der Waals surface area (Å²) in [5.74, 6) is 0.493. The number of rotatable bonds is 5. The molecule has 0 aliphatic carbocycles. The summed E-state index contributed by atoms with van der Waals surface area (Å²) in [7, 11) is 1.61. The number of aromatic amines is 1. The zero-order valence-corrected chi connectivity index (χ0v) is 14.6. The van der Waals surface area contributed by atoms with Crippen molar-refractivity contribution in [1.82, 2.24) is 25.4 Å². The van der Waals surface area contributed by atoms with Crippen LogP contribution in [-0.2, 0) is 6.54 Å². The van der Waals surface area contributed by atoms with Crippen LogP contribution in [0.2, 0.25) is 0 Å². The van der Waals surface area contributed by atoms with Gasteiger partial charge in [0.05, 0.1) is 12.6 Å². The van der Waals surface area contributed by atoms with Crippen LogP contribution in [0.4, 0.5) is 0 Å².